The molecule has 3 aromatic carbocycles. The van der Waals surface area contributed by atoms with Crippen molar-refractivity contribution < 1.29 is 4.79 Å². The van der Waals surface area contributed by atoms with Crippen molar-refractivity contribution in [1.82, 2.24) is 5.43 Å². The summed E-state index contributed by atoms with van der Waals surface area (Å²) < 4.78 is 0. The Morgan fingerprint density at radius 2 is 1.72 bits per heavy atom. The first-order valence-electron chi connectivity index (χ1n) is 9.84. The van der Waals surface area contributed by atoms with E-state index in [1.807, 2.05) is 43.3 Å². The van der Waals surface area contributed by atoms with Gasteiger partial charge in [-0.15, -0.1) is 0 Å². The maximum Gasteiger partial charge on any atom is 0.259 e. The summed E-state index contributed by atoms with van der Waals surface area (Å²) in [6, 6.07) is 22.6. The van der Waals surface area contributed by atoms with Gasteiger partial charge in [-0.1, -0.05) is 74.5 Å². The molecule has 0 saturated heterocycles. The summed E-state index contributed by atoms with van der Waals surface area (Å²) in [5.74, 6) is 0.331. The molecule has 3 rings (SSSR count). The smallest absolute Gasteiger partial charge is 0.259 e. The predicted molar refractivity (Wildman–Crippen MR) is 123 cm³/mol. The molecule has 0 fully saturated rings. The number of allylic oxidation sites excluding steroid dienone is 1. The Morgan fingerprint density at radius 3 is 2.45 bits per heavy atom. The number of hydrogen-bond acceptors (Lipinski definition) is 3. The van der Waals surface area contributed by atoms with Crippen molar-refractivity contribution in [3.63, 3.8) is 0 Å². The van der Waals surface area contributed by atoms with Gasteiger partial charge in [0.25, 0.3) is 5.91 Å². The lowest BCUT2D eigenvalue weighted by Gasteiger charge is -2.07. The number of nitrogens with zero attached hydrogens (tertiary/aromatic N) is 1. The molecule has 2 N–H and O–H groups in total. The molecule has 0 aromatic heterocycles. The van der Waals surface area contributed by atoms with E-state index in [1.165, 1.54) is 10.9 Å². The SMILES string of the molecule is CC(C=NNC(=O)CNc1ccc2ccccc2c1)=Cc1ccc(C(C)C)cc1. The Balaban J connectivity index is 1.49. The largest absolute Gasteiger partial charge is 0.376 e. The molecule has 148 valence electrons. The Morgan fingerprint density at radius 1 is 1.00 bits per heavy atom. The van der Waals surface area contributed by atoms with Crippen LogP contribution < -0.4 is 10.7 Å². The molecule has 0 aliphatic carbocycles. The number of rotatable bonds is 7. The maximum absolute atomic E-state index is 12.0. The lowest BCUT2D eigenvalue weighted by atomic mass is 10.0. The highest BCUT2D eigenvalue weighted by molar-refractivity contribution is 5.88. The maximum atomic E-state index is 12.0. The minimum atomic E-state index is -0.191. The molecule has 0 aliphatic heterocycles. The fourth-order valence-electron chi connectivity index (χ4n) is 3.00. The Kier molecular flexibility index (Phi) is 6.80. The Hall–Kier alpha value is -3.40. The highest BCUT2D eigenvalue weighted by atomic mass is 16.2. The van der Waals surface area contributed by atoms with Crippen molar-refractivity contribution in [2.24, 2.45) is 5.10 Å². The third kappa shape index (κ3) is 6.04. The summed E-state index contributed by atoms with van der Waals surface area (Å²) >= 11 is 0. The zero-order chi connectivity index (χ0) is 20.6. The average Bonchev–Trinajstić information content (AvgIpc) is 2.72. The predicted octanol–water partition coefficient (Wildman–Crippen LogP) is 5.58. The van der Waals surface area contributed by atoms with E-state index in [0.29, 0.717) is 5.92 Å². The third-order valence-electron chi connectivity index (χ3n) is 4.66. The van der Waals surface area contributed by atoms with Crippen LogP contribution >= 0.6 is 0 Å². The van der Waals surface area contributed by atoms with Crippen LogP contribution in [0.4, 0.5) is 5.69 Å². The number of carbonyl (C=O) groups excluding carboxylic acids is 1. The van der Waals surface area contributed by atoms with Crippen LogP contribution in [0.2, 0.25) is 0 Å². The topological polar surface area (TPSA) is 53.5 Å². The molecular weight excluding hydrogens is 358 g/mol. The highest BCUT2D eigenvalue weighted by Gasteiger charge is 2.01. The summed E-state index contributed by atoms with van der Waals surface area (Å²) in [6.45, 7) is 6.48. The van der Waals surface area contributed by atoms with Crippen LogP contribution in [-0.4, -0.2) is 18.7 Å². The fraction of sp³-hybridized carbons (Fsp3) is 0.200. The summed E-state index contributed by atoms with van der Waals surface area (Å²) in [4.78, 5) is 12.0. The quantitative estimate of drug-likeness (QED) is 0.412. The van der Waals surface area contributed by atoms with Gasteiger partial charge < -0.3 is 5.32 Å². The Bertz CT molecular complexity index is 1030. The summed E-state index contributed by atoms with van der Waals surface area (Å²) in [5.41, 5.74) is 6.86. The molecule has 0 bridgehead atoms. The number of nitrogens with one attached hydrogen (secondary N) is 2. The zero-order valence-corrected chi connectivity index (χ0v) is 17.1. The van der Waals surface area contributed by atoms with Gasteiger partial charge >= 0.3 is 0 Å². The number of amides is 1. The summed E-state index contributed by atoms with van der Waals surface area (Å²) in [6.07, 6.45) is 3.69. The molecule has 0 saturated carbocycles. The number of hydrogen-bond donors (Lipinski definition) is 2. The van der Waals surface area contributed by atoms with Gasteiger partial charge in [0, 0.05) is 5.69 Å². The van der Waals surface area contributed by atoms with Crippen LogP contribution in [0.5, 0.6) is 0 Å². The number of carbonyl (C=O) groups is 1. The summed E-state index contributed by atoms with van der Waals surface area (Å²) in [7, 11) is 0. The van der Waals surface area contributed by atoms with Gasteiger partial charge in [0.15, 0.2) is 0 Å². The van der Waals surface area contributed by atoms with E-state index in [9.17, 15) is 4.79 Å². The molecule has 0 radical (unpaired) electrons. The van der Waals surface area contributed by atoms with Gasteiger partial charge in [-0.05, 0) is 52.4 Å². The van der Waals surface area contributed by atoms with E-state index in [2.05, 4.69) is 66.1 Å². The minimum Gasteiger partial charge on any atom is -0.376 e. The third-order valence-corrected chi connectivity index (χ3v) is 4.66. The number of hydrazone groups is 1. The lowest BCUT2D eigenvalue weighted by molar-refractivity contribution is -0.119. The van der Waals surface area contributed by atoms with Gasteiger partial charge in [0.2, 0.25) is 0 Å². The highest BCUT2D eigenvalue weighted by Crippen LogP contribution is 2.18. The first kappa shape index (κ1) is 20.3. The van der Waals surface area contributed by atoms with Crippen molar-refractivity contribution in [2.75, 3.05) is 11.9 Å². The zero-order valence-electron chi connectivity index (χ0n) is 17.1. The number of anilines is 1. The van der Waals surface area contributed by atoms with Gasteiger partial charge in [-0.2, -0.15) is 5.10 Å². The average molecular weight is 386 g/mol. The molecule has 0 spiro atoms. The minimum absolute atomic E-state index is 0.162. The second kappa shape index (κ2) is 9.69. The van der Waals surface area contributed by atoms with E-state index in [4.69, 9.17) is 0 Å². The van der Waals surface area contributed by atoms with Crippen LogP contribution in [0.1, 0.15) is 37.8 Å². The van der Waals surface area contributed by atoms with Crippen molar-refractivity contribution >= 4 is 34.7 Å². The van der Waals surface area contributed by atoms with Gasteiger partial charge in [0.1, 0.15) is 0 Å². The van der Waals surface area contributed by atoms with Crippen LogP contribution in [0.3, 0.4) is 0 Å². The summed E-state index contributed by atoms with van der Waals surface area (Å²) in [5, 5.41) is 9.48. The first-order chi connectivity index (χ1) is 14.0. The lowest BCUT2D eigenvalue weighted by Crippen LogP contribution is -2.25. The van der Waals surface area contributed by atoms with E-state index >= 15 is 0 Å². The van der Waals surface area contributed by atoms with E-state index in [0.717, 1.165) is 22.2 Å². The molecular formula is C25H27N3O. The number of fused-ring (bicyclic) bond motifs is 1. The van der Waals surface area contributed by atoms with Crippen molar-refractivity contribution in [3.05, 3.63) is 83.4 Å². The van der Waals surface area contributed by atoms with Crippen LogP contribution in [0.15, 0.2) is 77.4 Å². The molecule has 29 heavy (non-hydrogen) atoms. The molecule has 3 aromatic rings. The van der Waals surface area contributed by atoms with E-state index in [-0.39, 0.29) is 12.5 Å². The van der Waals surface area contributed by atoms with Crippen molar-refractivity contribution in [3.8, 4) is 0 Å². The van der Waals surface area contributed by atoms with E-state index in [1.54, 1.807) is 6.21 Å². The van der Waals surface area contributed by atoms with Crippen LogP contribution in [0.25, 0.3) is 16.8 Å². The van der Waals surface area contributed by atoms with Gasteiger partial charge in [-0.3, -0.25) is 4.79 Å². The molecule has 0 atom stereocenters. The van der Waals surface area contributed by atoms with Crippen LogP contribution in [-0.2, 0) is 4.79 Å². The standard InChI is InChI=1S/C25H27N3O/c1-18(2)21-10-8-20(9-11-21)14-19(3)16-27-28-25(29)17-26-24-13-12-22-6-4-5-7-23(22)15-24/h4-16,18,26H,17H2,1-3H3,(H,28,29). The van der Waals surface area contributed by atoms with Gasteiger partial charge in [-0.25, -0.2) is 5.43 Å². The molecule has 4 nitrogen and oxygen atoms in total. The van der Waals surface area contributed by atoms with Crippen molar-refractivity contribution in [2.45, 2.75) is 26.7 Å². The van der Waals surface area contributed by atoms with Crippen molar-refractivity contribution in [1.29, 1.82) is 0 Å². The molecule has 4 heteroatoms. The normalized spacial score (nSPS) is 11.9. The molecule has 0 aliphatic rings. The van der Waals surface area contributed by atoms with E-state index < -0.39 is 0 Å². The molecule has 0 heterocycles. The second-order valence-corrected chi connectivity index (χ2v) is 7.42. The molecule has 0 unspecified atom stereocenters. The first-order valence-corrected chi connectivity index (χ1v) is 9.84. The second-order valence-electron chi connectivity index (χ2n) is 7.42. The monoisotopic (exact) mass is 385 g/mol. The molecule has 1 amide bonds. The Labute approximate surface area is 172 Å². The number of benzene rings is 3. The van der Waals surface area contributed by atoms with Crippen LogP contribution in [0, 0.1) is 0 Å². The fourth-order valence-corrected chi connectivity index (χ4v) is 3.00. The van der Waals surface area contributed by atoms with Gasteiger partial charge in [0.05, 0.1) is 12.8 Å².